The maximum absolute atomic E-state index is 11.0. The van der Waals surface area contributed by atoms with Gasteiger partial charge in [-0.3, -0.25) is 0 Å². The molecule has 0 bridgehead atoms. The van der Waals surface area contributed by atoms with E-state index in [1.54, 1.807) is 12.1 Å². The van der Waals surface area contributed by atoms with Gasteiger partial charge in [0.1, 0.15) is 5.75 Å². The Bertz CT molecular complexity index is 551. The van der Waals surface area contributed by atoms with Gasteiger partial charge in [0, 0.05) is 6.42 Å². The Labute approximate surface area is 109 Å². The average Bonchev–Trinajstić information content (AvgIpc) is 2.81. The van der Waals surface area contributed by atoms with Crippen LogP contribution in [0, 0.1) is 0 Å². The van der Waals surface area contributed by atoms with Crippen molar-refractivity contribution in [2.24, 2.45) is 5.73 Å². The summed E-state index contributed by atoms with van der Waals surface area (Å²) in [5, 5.41) is 8.98. The first-order valence-electron chi connectivity index (χ1n) is 5.80. The number of hydrogen-bond donors (Lipinski definition) is 2. The van der Waals surface area contributed by atoms with Crippen molar-refractivity contribution in [1.82, 2.24) is 4.98 Å². The quantitative estimate of drug-likeness (QED) is 0.817. The number of aromatic carboxylic acids is 1. The first-order chi connectivity index (χ1) is 9.20. The molecule has 0 amide bonds. The lowest BCUT2D eigenvalue weighted by Gasteiger charge is -2.01. The van der Waals surface area contributed by atoms with Crippen LogP contribution in [-0.2, 0) is 13.0 Å². The van der Waals surface area contributed by atoms with Crippen molar-refractivity contribution in [3.8, 4) is 5.75 Å². The maximum atomic E-state index is 11.0. The fraction of sp³-hybridized carbons (Fsp3) is 0.231. The molecule has 19 heavy (non-hydrogen) atoms. The smallest absolute Gasteiger partial charge is 0.373 e. The van der Waals surface area contributed by atoms with Crippen molar-refractivity contribution in [1.29, 1.82) is 0 Å². The molecule has 2 rings (SSSR count). The molecule has 0 saturated carbocycles. The van der Waals surface area contributed by atoms with E-state index in [0.29, 0.717) is 24.4 Å². The number of ether oxygens (including phenoxy) is 1. The molecule has 0 aliphatic rings. The number of nitrogens with two attached hydrogens (primary N) is 1. The van der Waals surface area contributed by atoms with Gasteiger partial charge < -0.3 is 20.0 Å². The van der Waals surface area contributed by atoms with Crippen LogP contribution in [0.15, 0.2) is 34.7 Å². The number of carboxylic acids is 1. The minimum atomic E-state index is -1.15. The molecule has 0 aliphatic carbocycles. The third-order valence-corrected chi connectivity index (χ3v) is 2.42. The van der Waals surface area contributed by atoms with Crippen molar-refractivity contribution in [3.05, 3.63) is 47.7 Å². The Balaban J connectivity index is 2.08. The molecule has 3 N–H and O–H groups in total. The lowest BCUT2D eigenvalue weighted by atomic mass is 10.2. The zero-order chi connectivity index (χ0) is 13.7. The van der Waals surface area contributed by atoms with Crippen LogP contribution in [0.3, 0.4) is 0 Å². The molecule has 0 saturated heterocycles. The van der Waals surface area contributed by atoms with Crippen LogP contribution in [0.1, 0.15) is 22.1 Å². The monoisotopic (exact) mass is 262 g/mol. The van der Waals surface area contributed by atoms with Gasteiger partial charge in [0.2, 0.25) is 11.7 Å². The van der Waals surface area contributed by atoms with Crippen LogP contribution in [0.2, 0.25) is 0 Å². The highest BCUT2D eigenvalue weighted by atomic mass is 16.5. The minimum Gasteiger partial charge on any atom is -0.484 e. The van der Waals surface area contributed by atoms with Crippen molar-refractivity contribution < 1.29 is 19.1 Å². The number of oxazole rings is 1. The zero-order valence-corrected chi connectivity index (χ0v) is 10.2. The lowest BCUT2D eigenvalue weighted by molar-refractivity contribution is 0.0656. The van der Waals surface area contributed by atoms with E-state index < -0.39 is 5.97 Å². The Morgan fingerprint density at radius 2 is 2.11 bits per heavy atom. The number of rotatable bonds is 6. The largest absolute Gasteiger partial charge is 0.484 e. The van der Waals surface area contributed by atoms with E-state index in [9.17, 15) is 4.79 Å². The molecule has 1 aromatic heterocycles. The molecule has 1 heterocycles. The molecule has 0 radical (unpaired) electrons. The molecule has 0 spiro atoms. The third-order valence-electron chi connectivity index (χ3n) is 2.42. The first-order valence-corrected chi connectivity index (χ1v) is 5.80. The Morgan fingerprint density at radius 3 is 2.74 bits per heavy atom. The number of hydrogen-bond acceptors (Lipinski definition) is 5. The highest BCUT2D eigenvalue weighted by Crippen LogP contribution is 2.15. The second-order valence-electron chi connectivity index (χ2n) is 3.83. The van der Waals surface area contributed by atoms with Crippen LogP contribution < -0.4 is 10.5 Å². The maximum Gasteiger partial charge on any atom is 0.373 e. The Morgan fingerprint density at radius 1 is 1.37 bits per heavy atom. The summed E-state index contributed by atoms with van der Waals surface area (Å²) in [5.41, 5.74) is 5.75. The zero-order valence-electron chi connectivity index (χ0n) is 10.2. The highest BCUT2D eigenvalue weighted by Gasteiger charge is 2.18. The fourth-order valence-electron chi connectivity index (χ4n) is 1.60. The van der Waals surface area contributed by atoms with Crippen molar-refractivity contribution >= 4 is 5.97 Å². The predicted molar refractivity (Wildman–Crippen MR) is 67.0 cm³/mol. The molecule has 0 aliphatic heterocycles. The van der Waals surface area contributed by atoms with Crippen LogP contribution >= 0.6 is 0 Å². The molecule has 2 aromatic rings. The summed E-state index contributed by atoms with van der Waals surface area (Å²) in [6, 6.07) is 9.14. The lowest BCUT2D eigenvalue weighted by Crippen LogP contribution is -2.07. The molecule has 100 valence electrons. The van der Waals surface area contributed by atoms with Crippen LogP contribution in [-0.4, -0.2) is 22.6 Å². The standard InChI is InChI=1S/C13H14N2O4/c14-7-6-10-12(13(16)17)19-11(15-10)8-18-9-4-2-1-3-5-9/h1-5H,6-8,14H2,(H,16,17). The SMILES string of the molecule is NCCc1nc(COc2ccccc2)oc1C(=O)O. The summed E-state index contributed by atoms with van der Waals surface area (Å²) in [7, 11) is 0. The van der Waals surface area contributed by atoms with E-state index in [1.165, 1.54) is 0 Å². The van der Waals surface area contributed by atoms with Crippen molar-refractivity contribution in [2.75, 3.05) is 6.54 Å². The Hall–Kier alpha value is -2.34. The summed E-state index contributed by atoms with van der Waals surface area (Å²) in [4.78, 5) is 15.1. The summed E-state index contributed by atoms with van der Waals surface area (Å²) in [5.74, 6) is -0.429. The van der Waals surface area contributed by atoms with Gasteiger partial charge in [0.05, 0.1) is 5.69 Å². The van der Waals surface area contributed by atoms with E-state index in [4.69, 9.17) is 20.0 Å². The summed E-state index contributed by atoms with van der Waals surface area (Å²) >= 11 is 0. The van der Waals surface area contributed by atoms with Crippen molar-refractivity contribution in [2.45, 2.75) is 13.0 Å². The average molecular weight is 262 g/mol. The molecule has 6 heteroatoms. The van der Waals surface area contributed by atoms with Crippen LogP contribution in [0.5, 0.6) is 5.75 Å². The molecule has 0 unspecified atom stereocenters. The number of aromatic nitrogens is 1. The topological polar surface area (TPSA) is 98.6 Å². The van der Waals surface area contributed by atoms with E-state index in [1.807, 2.05) is 18.2 Å². The molecule has 0 fully saturated rings. The molecular weight excluding hydrogens is 248 g/mol. The Kier molecular flexibility index (Phi) is 4.15. The normalized spacial score (nSPS) is 10.4. The van der Waals surface area contributed by atoms with Gasteiger partial charge in [0.25, 0.3) is 0 Å². The highest BCUT2D eigenvalue weighted by molar-refractivity contribution is 5.85. The number of carboxylic acid groups (broad SMARTS) is 1. The summed E-state index contributed by atoms with van der Waals surface area (Å²) < 4.78 is 10.6. The predicted octanol–water partition coefficient (Wildman–Crippen LogP) is 1.45. The van der Waals surface area contributed by atoms with Gasteiger partial charge in [-0.1, -0.05) is 18.2 Å². The molecule has 0 atom stereocenters. The molecule has 1 aromatic carbocycles. The van der Waals surface area contributed by atoms with E-state index in [0.717, 1.165) is 0 Å². The van der Waals surface area contributed by atoms with Gasteiger partial charge in [-0.2, -0.15) is 0 Å². The van der Waals surface area contributed by atoms with E-state index >= 15 is 0 Å². The van der Waals surface area contributed by atoms with Gasteiger partial charge in [0.15, 0.2) is 6.61 Å². The van der Waals surface area contributed by atoms with E-state index in [2.05, 4.69) is 4.98 Å². The number of para-hydroxylation sites is 1. The van der Waals surface area contributed by atoms with E-state index in [-0.39, 0.29) is 18.3 Å². The minimum absolute atomic E-state index is 0.0782. The van der Waals surface area contributed by atoms with Gasteiger partial charge in [-0.05, 0) is 18.7 Å². The van der Waals surface area contributed by atoms with Crippen LogP contribution in [0.25, 0.3) is 0 Å². The van der Waals surface area contributed by atoms with Crippen molar-refractivity contribution in [3.63, 3.8) is 0 Å². The fourth-order valence-corrected chi connectivity index (χ4v) is 1.60. The number of benzene rings is 1. The van der Waals surface area contributed by atoms with Gasteiger partial charge in [-0.15, -0.1) is 0 Å². The summed E-state index contributed by atoms with van der Waals surface area (Å²) in [6.07, 6.45) is 0.358. The van der Waals surface area contributed by atoms with Gasteiger partial charge in [-0.25, -0.2) is 9.78 Å². The summed E-state index contributed by atoms with van der Waals surface area (Å²) in [6.45, 7) is 0.390. The van der Waals surface area contributed by atoms with Crippen LogP contribution in [0.4, 0.5) is 0 Å². The first kappa shape index (κ1) is 13.1. The number of carbonyl (C=O) groups is 1. The number of nitrogens with zero attached hydrogens (tertiary/aromatic N) is 1. The molecule has 6 nitrogen and oxygen atoms in total. The second kappa shape index (κ2) is 6.01. The third kappa shape index (κ3) is 3.32. The second-order valence-corrected chi connectivity index (χ2v) is 3.83. The molecular formula is C13H14N2O4. The van der Waals surface area contributed by atoms with Gasteiger partial charge >= 0.3 is 5.97 Å².